The lowest BCUT2D eigenvalue weighted by Crippen LogP contribution is -2.29. The third-order valence-corrected chi connectivity index (χ3v) is 4.21. The standard InChI is InChI=1S/C16H15FN6O/c17-12-3-1-11(2-4-12)14-9-15(20-19-14)16(24)22-7-5-13(10-22)23-8-6-18-21-23/h1-4,6,8-9,13H,5,7,10H2,(H,19,20). The summed E-state index contributed by atoms with van der Waals surface area (Å²) in [6.07, 6.45) is 4.28. The van der Waals surface area contributed by atoms with Gasteiger partial charge in [-0.25, -0.2) is 9.07 Å². The second-order valence-corrected chi connectivity index (χ2v) is 5.75. The van der Waals surface area contributed by atoms with E-state index < -0.39 is 0 Å². The molecular weight excluding hydrogens is 311 g/mol. The van der Waals surface area contributed by atoms with Crippen LogP contribution in [-0.4, -0.2) is 49.1 Å². The molecule has 0 aliphatic carbocycles. The number of aromatic amines is 1. The van der Waals surface area contributed by atoms with E-state index in [0.29, 0.717) is 24.5 Å². The van der Waals surface area contributed by atoms with Crippen LogP contribution in [0.5, 0.6) is 0 Å². The van der Waals surface area contributed by atoms with Gasteiger partial charge in [-0.15, -0.1) is 5.10 Å². The van der Waals surface area contributed by atoms with Gasteiger partial charge in [0.15, 0.2) is 0 Å². The lowest BCUT2D eigenvalue weighted by molar-refractivity contribution is 0.0781. The summed E-state index contributed by atoms with van der Waals surface area (Å²) in [6, 6.07) is 7.85. The van der Waals surface area contributed by atoms with Gasteiger partial charge in [-0.1, -0.05) is 5.21 Å². The summed E-state index contributed by atoms with van der Waals surface area (Å²) in [7, 11) is 0. The normalized spacial score (nSPS) is 17.4. The van der Waals surface area contributed by atoms with E-state index in [2.05, 4.69) is 20.5 Å². The predicted octanol–water partition coefficient (Wildman–Crippen LogP) is 1.89. The van der Waals surface area contributed by atoms with E-state index in [1.165, 1.54) is 12.1 Å². The Morgan fingerprint density at radius 1 is 1.29 bits per heavy atom. The molecule has 1 saturated heterocycles. The van der Waals surface area contributed by atoms with Crippen LogP contribution in [0.2, 0.25) is 0 Å². The molecule has 24 heavy (non-hydrogen) atoms. The summed E-state index contributed by atoms with van der Waals surface area (Å²) >= 11 is 0. The molecule has 1 aliphatic rings. The van der Waals surface area contributed by atoms with Crippen LogP contribution >= 0.6 is 0 Å². The minimum Gasteiger partial charge on any atom is -0.335 e. The fourth-order valence-corrected chi connectivity index (χ4v) is 2.92. The number of likely N-dealkylation sites (tertiary alicyclic amines) is 1. The van der Waals surface area contributed by atoms with Crippen LogP contribution in [0.25, 0.3) is 11.3 Å². The first kappa shape index (κ1) is 14.6. The lowest BCUT2D eigenvalue weighted by Gasteiger charge is -2.15. The van der Waals surface area contributed by atoms with Crippen molar-refractivity contribution in [2.75, 3.05) is 13.1 Å². The first-order valence-corrected chi connectivity index (χ1v) is 7.67. The second kappa shape index (κ2) is 5.88. The van der Waals surface area contributed by atoms with E-state index in [-0.39, 0.29) is 17.8 Å². The van der Waals surface area contributed by atoms with Crippen molar-refractivity contribution in [1.29, 1.82) is 0 Å². The van der Waals surface area contributed by atoms with Gasteiger partial charge in [-0.05, 0) is 36.8 Å². The Morgan fingerprint density at radius 3 is 2.88 bits per heavy atom. The maximum Gasteiger partial charge on any atom is 0.271 e. The maximum atomic E-state index is 13.0. The molecular formula is C16H15FN6O. The molecule has 3 aromatic rings. The van der Waals surface area contributed by atoms with Crippen molar-refractivity contribution in [1.82, 2.24) is 30.1 Å². The average Bonchev–Trinajstić information content (AvgIpc) is 3.34. The Labute approximate surface area is 137 Å². The topological polar surface area (TPSA) is 79.7 Å². The van der Waals surface area contributed by atoms with Gasteiger partial charge < -0.3 is 4.90 Å². The molecule has 0 bridgehead atoms. The van der Waals surface area contributed by atoms with Crippen molar-refractivity contribution in [3.05, 3.63) is 54.2 Å². The first-order valence-electron chi connectivity index (χ1n) is 7.67. The van der Waals surface area contributed by atoms with Crippen LogP contribution in [0, 0.1) is 5.82 Å². The summed E-state index contributed by atoms with van der Waals surface area (Å²) in [5.74, 6) is -0.403. The minimum absolute atomic E-state index is 0.0986. The van der Waals surface area contributed by atoms with Gasteiger partial charge in [0.25, 0.3) is 5.91 Å². The molecule has 7 nitrogen and oxygen atoms in total. The summed E-state index contributed by atoms with van der Waals surface area (Å²) in [4.78, 5) is 14.4. The fraction of sp³-hybridized carbons (Fsp3) is 0.250. The van der Waals surface area contributed by atoms with E-state index in [1.807, 2.05) is 6.20 Å². The fourth-order valence-electron chi connectivity index (χ4n) is 2.92. The zero-order valence-corrected chi connectivity index (χ0v) is 12.8. The quantitative estimate of drug-likeness (QED) is 0.797. The van der Waals surface area contributed by atoms with E-state index >= 15 is 0 Å². The minimum atomic E-state index is -0.304. The van der Waals surface area contributed by atoms with Gasteiger partial charge in [-0.3, -0.25) is 9.89 Å². The number of carbonyl (C=O) groups is 1. The SMILES string of the molecule is O=C(c1cc(-c2ccc(F)cc2)n[nH]1)N1CCC(n2ccnn2)C1. The Bertz CT molecular complexity index is 842. The highest BCUT2D eigenvalue weighted by Gasteiger charge is 2.29. The van der Waals surface area contributed by atoms with Gasteiger partial charge in [0.2, 0.25) is 0 Å². The highest BCUT2D eigenvalue weighted by molar-refractivity contribution is 5.93. The van der Waals surface area contributed by atoms with Crippen molar-refractivity contribution in [2.45, 2.75) is 12.5 Å². The van der Waals surface area contributed by atoms with E-state index in [1.54, 1.807) is 34.0 Å². The van der Waals surface area contributed by atoms with Crippen LogP contribution in [0.15, 0.2) is 42.7 Å². The van der Waals surface area contributed by atoms with Crippen LogP contribution in [0.1, 0.15) is 23.0 Å². The molecule has 0 spiro atoms. The highest BCUT2D eigenvalue weighted by Crippen LogP contribution is 2.23. The number of rotatable bonds is 3. The van der Waals surface area contributed by atoms with Crippen LogP contribution in [0.3, 0.4) is 0 Å². The van der Waals surface area contributed by atoms with Gasteiger partial charge in [0.1, 0.15) is 11.5 Å². The number of hydrogen-bond donors (Lipinski definition) is 1. The third kappa shape index (κ3) is 2.66. The lowest BCUT2D eigenvalue weighted by atomic mass is 10.1. The molecule has 1 fully saturated rings. The summed E-state index contributed by atoms with van der Waals surface area (Å²) < 4.78 is 14.8. The molecule has 1 N–H and O–H groups in total. The number of H-pyrrole nitrogens is 1. The number of halogens is 1. The Morgan fingerprint density at radius 2 is 2.12 bits per heavy atom. The summed E-state index contributed by atoms with van der Waals surface area (Å²) in [5.41, 5.74) is 1.80. The molecule has 122 valence electrons. The molecule has 1 aliphatic heterocycles. The number of benzene rings is 1. The van der Waals surface area contributed by atoms with Crippen molar-refractivity contribution < 1.29 is 9.18 Å². The summed E-state index contributed by atoms with van der Waals surface area (Å²) in [5, 5.41) is 14.7. The summed E-state index contributed by atoms with van der Waals surface area (Å²) in [6.45, 7) is 1.25. The number of aromatic nitrogens is 5. The third-order valence-electron chi connectivity index (χ3n) is 4.21. The first-order chi connectivity index (χ1) is 11.7. The van der Waals surface area contributed by atoms with Crippen LogP contribution in [-0.2, 0) is 0 Å². The Hall–Kier alpha value is -3.03. The molecule has 1 aromatic carbocycles. The monoisotopic (exact) mass is 326 g/mol. The van der Waals surface area contributed by atoms with E-state index in [0.717, 1.165) is 12.0 Å². The smallest absolute Gasteiger partial charge is 0.271 e. The van der Waals surface area contributed by atoms with Crippen LogP contribution in [0.4, 0.5) is 4.39 Å². The van der Waals surface area contributed by atoms with Gasteiger partial charge >= 0.3 is 0 Å². The maximum absolute atomic E-state index is 13.0. The second-order valence-electron chi connectivity index (χ2n) is 5.75. The van der Waals surface area contributed by atoms with Gasteiger partial charge in [0.05, 0.1) is 17.9 Å². The Balaban J connectivity index is 1.48. The molecule has 0 saturated carbocycles. The average molecular weight is 326 g/mol. The van der Waals surface area contributed by atoms with Gasteiger partial charge in [-0.2, -0.15) is 5.10 Å². The highest BCUT2D eigenvalue weighted by atomic mass is 19.1. The molecule has 1 atom stereocenters. The molecule has 8 heteroatoms. The zero-order valence-electron chi connectivity index (χ0n) is 12.8. The largest absolute Gasteiger partial charge is 0.335 e. The van der Waals surface area contributed by atoms with Crippen molar-refractivity contribution >= 4 is 5.91 Å². The number of nitrogens with one attached hydrogen (secondary N) is 1. The Kier molecular flexibility index (Phi) is 3.56. The number of amides is 1. The molecule has 0 radical (unpaired) electrons. The molecule has 2 aromatic heterocycles. The molecule has 1 unspecified atom stereocenters. The molecule has 4 rings (SSSR count). The number of nitrogens with zero attached hydrogens (tertiary/aromatic N) is 5. The molecule has 1 amide bonds. The van der Waals surface area contributed by atoms with Crippen molar-refractivity contribution in [3.63, 3.8) is 0 Å². The van der Waals surface area contributed by atoms with Crippen LogP contribution < -0.4 is 0 Å². The van der Waals surface area contributed by atoms with E-state index in [9.17, 15) is 9.18 Å². The number of hydrogen-bond acceptors (Lipinski definition) is 4. The van der Waals surface area contributed by atoms with Gasteiger partial charge in [0, 0.05) is 24.8 Å². The van der Waals surface area contributed by atoms with E-state index in [4.69, 9.17) is 0 Å². The zero-order chi connectivity index (χ0) is 16.5. The number of carbonyl (C=O) groups excluding carboxylic acids is 1. The van der Waals surface area contributed by atoms with Crippen molar-refractivity contribution in [2.24, 2.45) is 0 Å². The predicted molar refractivity (Wildman–Crippen MR) is 83.6 cm³/mol. The molecule has 3 heterocycles. The van der Waals surface area contributed by atoms with Crippen molar-refractivity contribution in [3.8, 4) is 11.3 Å².